The van der Waals surface area contributed by atoms with Gasteiger partial charge < -0.3 is 10.6 Å². The Morgan fingerprint density at radius 1 is 1.42 bits per heavy atom. The number of rotatable bonds is 4. The highest BCUT2D eigenvalue weighted by Gasteiger charge is 2.09. The number of nitrogen functional groups attached to an aromatic ring is 1. The second-order valence-corrected chi connectivity index (χ2v) is 6.33. The van der Waals surface area contributed by atoms with Gasteiger partial charge in [0.1, 0.15) is 0 Å². The lowest BCUT2D eigenvalue weighted by molar-refractivity contribution is 0.101. The highest BCUT2D eigenvalue weighted by atomic mass is 79.9. The minimum Gasteiger partial charge on any atom is -0.398 e. The van der Waals surface area contributed by atoms with Crippen molar-refractivity contribution in [1.29, 1.82) is 0 Å². The molecule has 0 atom stereocenters. The van der Waals surface area contributed by atoms with E-state index < -0.39 is 0 Å². The molecule has 0 unspecified atom stereocenters. The smallest absolute Gasteiger partial charge is 0.161 e. The minimum atomic E-state index is -0.00776. The van der Waals surface area contributed by atoms with Crippen molar-refractivity contribution < 1.29 is 4.79 Å². The Labute approximate surface area is 125 Å². The Hall–Kier alpha value is -1.33. The Kier molecular flexibility index (Phi) is 4.27. The molecule has 3 nitrogen and oxygen atoms in total. The van der Waals surface area contributed by atoms with Gasteiger partial charge in [-0.05, 0) is 47.1 Å². The normalized spacial score (nSPS) is 10.5. The average molecular weight is 339 g/mol. The molecule has 2 aromatic rings. The van der Waals surface area contributed by atoms with Crippen LogP contribution in [-0.4, -0.2) is 12.8 Å². The van der Waals surface area contributed by atoms with Crippen LogP contribution >= 0.6 is 27.3 Å². The summed E-state index contributed by atoms with van der Waals surface area (Å²) in [6.45, 7) is 2.34. The molecule has 0 amide bonds. The lowest BCUT2D eigenvalue weighted by Crippen LogP contribution is -2.16. The van der Waals surface area contributed by atoms with Gasteiger partial charge in [0, 0.05) is 38.7 Å². The van der Waals surface area contributed by atoms with Crippen molar-refractivity contribution >= 4 is 44.4 Å². The van der Waals surface area contributed by atoms with E-state index in [0.29, 0.717) is 11.3 Å². The van der Waals surface area contributed by atoms with E-state index in [4.69, 9.17) is 5.73 Å². The van der Waals surface area contributed by atoms with Crippen LogP contribution in [0.15, 0.2) is 34.1 Å². The van der Waals surface area contributed by atoms with Crippen molar-refractivity contribution in [1.82, 2.24) is 0 Å². The number of hydrogen-bond acceptors (Lipinski definition) is 4. The summed E-state index contributed by atoms with van der Waals surface area (Å²) >= 11 is 5.16. The van der Waals surface area contributed by atoms with Crippen LogP contribution in [0.3, 0.4) is 0 Å². The first-order chi connectivity index (χ1) is 8.97. The van der Waals surface area contributed by atoms with E-state index in [1.165, 1.54) is 11.8 Å². The van der Waals surface area contributed by atoms with Crippen LogP contribution in [0.2, 0.25) is 0 Å². The zero-order chi connectivity index (χ0) is 14.0. The summed E-state index contributed by atoms with van der Waals surface area (Å²) in [6.07, 6.45) is 0. The van der Waals surface area contributed by atoms with E-state index in [1.54, 1.807) is 17.4 Å². The lowest BCUT2D eigenvalue weighted by Gasteiger charge is -2.19. The number of carbonyl (C=O) groups is 1. The van der Waals surface area contributed by atoms with E-state index >= 15 is 0 Å². The lowest BCUT2D eigenvalue weighted by atomic mass is 10.1. The summed E-state index contributed by atoms with van der Waals surface area (Å²) in [5, 5.41) is 2.06. The molecule has 0 fully saturated rings. The van der Waals surface area contributed by atoms with Crippen molar-refractivity contribution in [3.63, 3.8) is 0 Å². The molecule has 0 saturated carbocycles. The Balaban J connectivity index is 2.21. The summed E-state index contributed by atoms with van der Waals surface area (Å²) in [6, 6.07) is 7.67. The van der Waals surface area contributed by atoms with Gasteiger partial charge >= 0.3 is 0 Å². The predicted molar refractivity (Wildman–Crippen MR) is 85.0 cm³/mol. The fourth-order valence-corrected chi connectivity index (χ4v) is 3.35. The zero-order valence-corrected chi connectivity index (χ0v) is 13.2. The molecule has 0 bridgehead atoms. The van der Waals surface area contributed by atoms with Gasteiger partial charge in [-0.3, -0.25) is 4.79 Å². The standard InChI is InChI=1S/C14H15BrN2OS/c1-9(18)13-6-11(3-4-14(13)16)17(2)7-12-5-10(15)8-19-12/h3-6,8H,7,16H2,1-2H3. The van der Waals surface area contributed by atoms with E-state index in [-0.39, 0.29) is 5.78 Å². The molecule has 1 aromatic heterocycles. The summed E-state index contributed by atoms with van der Waals surface area (Å²) in [4.78, 5) is 14.9. The van der Waals surface area contributed by atoms with Gasteiger partial charge in [0.15, 0.2) is 5.78 Å². The van der Waals surface area contributed by atoms with Crippen molar-refractivity contribution in [2.24, 2.45) is 0 Å². The first-order valence-electron chi connectivity index (χ1n) is 5.82. The van der Waals surface area contributed by atoms with Gasteiger partial charge in [0.25, 0.3) is 0 Å². The number of nitrogens with zero attached hydrogens (tertiary/aromatic N) is 1. The molecule has 0 aliphatic carbocycles. The highest BCUT2D eigenvalue weighted by Crippen LogP contribution is 2.25. The topological polar surface area (TPSA) is 46.3 Å². The third-order valence-corrected chi connectivity index (χ3v) is 4.55. The number of benzene rings is 1. The summed E-state index contributed by atoms with van der Waals surface area (Å²) < 4.78 is 1.10. The van der Waals surface area contributed by atoms with Crippen LogP contribution in [0.25, 0.3) is 0 Å². The second-order valence-electron chi connectivity index (χ2n) is 4.42. The number of Topliss-reactive ketones (excluding diaryl/α,β-unsaturated/α-hetero) is 1. The van der Waals surface area contributed by atoms with Crippen LogP contribution in [0.4, 0.5) is 11.4 Å². The van der Waals surface area contributed by atoms with Crippen molar-refractivity contribution in [3.05, 3.63) is 44.6 Å². The number of halogens is 1. The molecule has 0 aliphatic heterocycles. The van der Waals surface area contributed by atoms with E-state index in [0.717, 1.165) is 16.7 Å². The van der Waals surface area contributed by atoms with Crippen LogP contribution in [0.1, 0.15) is 22.2 Å². The zero-order valence-electron chi connectivity index (χ0n) is 10.8. The number of thiophene rings is 1. The van der Waals surface area contributed by atoms with Gasteiger partial charge in [-0.15, -0.1) is 11.3 Å². The Morgan fingerprint density at radius 3 is 2.74 bits per heavy atom. The fourth-order valence-electron chi connectivity index (χ4n) is 1.85. The van der Waals surface area contributed by atoms with Crippen LogP contribution < -0.4 is 10.6 Å². The van der Waals surface area contributed by atoms with E-state index in [2.05, 4.69) is 32.3 Å². The molecule has 100 valence electrons. The molecule has 2 rings (SSSR count). The Morgan fingerprint density at radius 2 is 2.16 bits per heavy atom. The quantitative estimate of drug-likeness (QED) is 0.678. The van der Waals surface area contributed by atoms with Crippen molar-refractivity contribution in [3.8, 4) is 0 Å². The van der Waals surface area contributed by atoms with Gasteiger partial charge in [-0.2, -0.15) is 0 Å². The molecular formula is C14H15BrN2OS. The van der Waals surface area contributed by atoms with Gasteiger partial charge in [0.2, 0.25) is 0 Å². The third kappa shape index (κ3) is 3.36. The van der Waals surface area contributed by atoms with Gasteiger partial charge in [-0.25, -0.2) is 0 Å². The van der Waals surface area contributed by atoms with Crippen molar-refractivity contribution in [2.75, 3.05) is 17.7 Å². The fraction of sp³-hybridized carbons (Fsp3) is 0.214. The van der Waals surface area contributed by atoms with Crippen LogP contribution in [0, 0.1) is 0 Å². The molecule has 0 spiro atoms. The maximum Gasteiger partial charge on any atom is 0.161 e. The molecule has 0 aliphatic rings. The summed E-state index contributed by atoms with van der Waals surface area (Å²) in [5.41, 5.74) is 7.90. The first-order valence-corrected chi connectivity index (χ1v) is 7.49. The number of hydrogen-bond donors (Lipinski definition) is 1. The SMILES string of the molecule is CC(=O)c1cc(N(C)Cc2cc(Br)cs2)ccc1N. The van der Waals surface area contributed by atoms with Crippen LogP contribution in [0.5, 0.6) is 0 Å². The summed E-state index contributed by atoms with van der Waals surface area (Å²) in [7, 11) is 2.00. The van der Waals surface area contributed by atoms with Crippen LogP contribution in [-0.2, 0) is 6.54 Å². The molecule has 19 heavy (non-hydrogen) atoms. The predicted octanol–water partition coefficient (Wildman–Crippen LogP) is 3.93. The largest absolute Gasteiger partial charge is 0.398 e. The average Bonchev–Trinajstić information content (AvgIpc) is 2.74. The summed E-state index contributed by atoms with van der Waals surface area (Å²) in [5.74, 6) is -0.00776. The van der Waals surface area contributed by atoms with E-state index in [9.17, 15) is 4.79 Å². The highest BCUT2D eigenvalue weighted by molar-refractivity contribution is 9.10. The molecular weight excluding hydrogens is 324 g/mol. The monoisotopic (exact) mass is 338 g/mol. The van der Waals surface area contributed by atoms with Crippen molar-refractivity contribution in [2.45, 2.75) is 13.5 Å². The molecule has 1 heterocycles. The molecule has 1 aromatic carbocycles. The van der Waals surface area contributed by atoms with E-state index in [1.807, 2.05) is 19.2 Å². The number of ketones is 1. The number of anilines is 2. The molecule has 0 radical (unpaired) electrons. The van der Waals surface area contributed by atoms with Gasteiger partial charge in [-0.1, -0.05) is 0 Å². The number of carbonyl (C=O) groups excluding carboxylic acids is 1. The number of nitrogens with two attached hydrogens (primary N) is 1. The maximum absolute atomic E-state index is 11.5. The van der Waals surface area contributed by atoms with Gasteiger partial charge in [0.05, 0.1) is 6.54 Å². The maximum atomic E-state index is 11.5. The third-order valence-electron chi connectivity index (χ3n) is 2.87. The Bertz CT molecular complexity index is 609. The molecule has 5 heteroatoms. The molecule has 2 N–H and O–H groups in total. The molecule has 0 saturated heterocycles. The minimum absolute atomic E-state index is 0.00776. The second kappa shape index (κ2) is 5.75. The first kappa shape index (κ1) is 14.1.